The number of benzene rings is 1. The summed E-state index contributed by atoms with van der Waals surface area (Å²) in [5.41, 5.74) is 0.822. The zero-order valence-corrected chi connectivity index (χ0v) is 11.4. The van der Waals surface area contributed by atoms with E-state index in [9.17, 15) is 0 Å². The Balaban J connectivity index is 2.91. The van der Waals surface area contributed by atoms with Crippen LogP contribution in [0.25, 0.3) is 0 Å². The van der Waals surface area contributed by atoms with Crippen molar-refractivity contribution in [3.8, 4) is 17.6 Å². The molecule has 0 fully saturated rings. The first kappa shape index (κ1) is 12.6. The third-order valence-corrected chi connectivity index (χ3v) is 2.88. The van der Waals surface area contributed by atoms with Crippen molar-refractivity contribution in [1.82, 2.24) is 0 Å². The molecule has 0 bridgehead atoms. The first-order chi connectivity index (χ1) is 7.19. The molecule has 0 aliphatic rings. The Bertz CT molecular complexity index is 382. The summed E-state index contributed by atoms with van der Waals surface area (Å²) >= 11 is 6.75. The summed E-state index contributed by atoms with van der Waals surface area (Å²) in [5, 5.41) is 8.99. The molecule has 0 saturated carbocycles. The molecule has 0 radical (unpaired) electrons. The lowest BCUT2D eigenvalue weighted by atomic mass is 10.2. The van der Waals surface area contributed by atoms with Crippen LogP contribution in [-0.4, -0.2) is 11.7 Å². The van der Waals surface area contributed by atoms with Gasteiger partial charge in [0.15, 0.2) is 0 Å². The van der Waals surface area contributed by atoms with Gasteiger partial charge in [-0.1, -0.05) is 5.92 Å². The monoisotopic (exact) mass is 332 g/mol. The highest BCUT2D eigenvalue weighted by atomic mass is 79.9. The largest absolute Gasteiger partial charge is 0.479 e. The van der Waals surface area contributed by atoms with E-state index in [4.69, 9.17) is 9.84 Å². The van der Waals surface area contributed by atoms with Crippen LogP contribution >= 0.6 is 31.9 Å². The number of aliphatic hydroxyl groups is 1. The molecule has 0 aromatic heterocycles. The highest BCUT2D eigenvalue weighted by molar-refractivity contribution is 9.11. The third kappa shape index (κ3) is 3.53. The normalized spacial score (nSPS) is 9.33. The second-order valence-corrected chi connectivity index (χ2v) is 4.47. The van der Waals surface area contributed by atoms with E-state index in [1.807, 2.05) is 12.1 Å². The van der Waals surface area contributed by atoms with Gasteiger partial charge in [-0.3, -0.25) is 0 Å². The van der Waals surface area contributed by atoms with Crippen molar-refractivity contribution >= 4 is 31.9 Å². The molecule has 15 heavy (non-hydrogen) atoms. The lowest BCUT2D eigenvalue weighted by Crippen LogP contribution is -1.97. The van der Waals surface area contributed by atoms with Crippen LogP contribution in [0.15, 0.2) is 21.1 Å². The molecule has 0 amide bonds. The number of hydrogen-bond donors (Lipinski definition) is 1. The van der Waals surface area contributed by atoms with E-state index in [1.54, 1.807) is 6.92 Å². The molecule has 1 rings (SSSR count). The van der Waals surface area contributed by atoms with Gasteiger partial charge in [0.05, 0.1) is 15.6 Å². The molecular weight excluding hydrogens is 324 g/mol. The highest BCUT2D eigenvalue weighted by Gasteiger charge is 2.07. The maximum Gasteiger partial charge on any atom is 0.149 e. The second kappa shape index (κ2) is 6.16. The van der Waals surface area contributed by atoms with Gasteiger partial charge in [-0.25, -0.2) is 0 Å². The van der Waals surface area contributed by atoms with Crippen molar-refractivity contribution in [2.24, 2.45) is 0 Å². The van der Waals surface area contributed by atoms with Crippen LogP contribution in [0.3, 0.4) is 0 Å². The van der Waals surface area contributed by atoms with Gasteiger partial charge in [0.25, 0.3) is 0 Å². The van der Waals surface area contributed by atoms with Gasteiger partial charge >= 0.3 is 0 Å². The van der Waals surface area contributed by atoms with E-state index in [-0.39, 0.29) is 6.61 Å². The van der Waals surface area contributed by atoms with Gasteiger partial charge in [0.1, 0.15) is 12.4 Å². The molecule has 1 N–H and O–H groups in total. The smallest absolute Gasteiger partial charge is 0.149 e. The zero-order chi connectivity index (χ0) is 11.3. The van der Waals surface area contributed by atoms with Gasteiger partial charge < -0.3 is 9.84 Å². The van der Waals surface area contributed by atoms with Gasteiger partial charge in [0, 0.05) is 0 Å². The van der Waals surface area contributed by atoms with E-state index in [2.05, 4.69) is 43.7 Å². The molecule has 0 spiro atoms. The Morgan fingerprint density at radius 1 is 1.33 bits per heavy atom. The summed E-state index contributed by atoms with van der Waals surface area (Å²) in [4.78, 5) is 0. The topological polar surface area (TPSA) is 29.5 Å². The van der Waals surface area contributed by atoms with Gasteiger partial charge in [-0.05, 0) is 56.5 Å². The Morgan fingerprint density at radius 3 is 2.40 bits per heavy atom. The minimum Gasteiger partial charge on any atom is -0.479 e. The van der Waals surface area contributed by atoms with Crippen LogP contribution in [0.4, 0.5) is 0 Å². The van der Waals surface area contributed by atoms with Crippen molar-refractivity contribution in [2.75, 3.05) is 6.61 Å². The van der Waals surface area contributed by atoms with Crippen LogP contribution < -0.4 is 4.74 Å². The summed E-state index contributed by atoms with van der Waals surface area (Å²) in [7, 11) is 0. The van der Waals surface area contributed by atoms with E-state index in [0.717, 1.165) is 14.5 Å². The number of halogens is 2. The van der Waals surface area contributed by atoms with Crippen LogP contribution in [0.2, 0.25) is 0 Å². The minimum atomic E-state index is 0.00620. The van der Waals surface area contributed by atoms with Gasteiger partial charge in [-0.15, -0.1) is 5.92 Å². The fourth-order valence-electron chi connectivity index (χ4n) is 1.02. The molecule has 0 heterocycles. The van der Waals surface area contributed by atoms with Crippen LogP contribution in [0.1, 0.15) is 12.5 Å². The molecule has 2 nitrogen and oxygen atoms in total. The number of aliphatic hydroxyl groups excluding tert-OH is 1. The van der Waals surface area contributed by atoms with Crippen molar-refractivity contribution in [2.45, 2.75) is 13.5 Å². The number of rotatable bonds is 3. The lowest BCUT2D eigenvalue weighted by molar-refractivity contribution is 0.281. The van der Waals surface area contributed by atoms with Gasteiger partial charge in [0.2, 0.25) is 0 Å². The molecule has 0 saturated heterocycles. The fraction of sp³-hybridized carbons (Fsp3) is 0.273. The maximum atomic E-state index is 8.99. The molecule has 1 aromatic rings. The summed E-state index contributed by atoms with van der Waals surface area (Å²) in [6, 6.07) is 3.64. The summed E-state index contributed by atoms with van der Waals surface area (Å²) in [5.74, 6) is 6.27. The van der Waals surface area contributed by atoms with E-state index < -0.39 is 0 Å². The average molecular weight is 334 g/mol. The molecular formula is C11H10Br2O2. The molecule has 1 aromatic carbocycles. The van der Waals surface area contributed by atoms with Crippen LogP contribution in [0.5, 0.6) is 5.75 Å². The Kier molecular flexibility index (Phi) is 5.16. The van der Waals surface area contributed by atoms with Crippen molar-refractivity contribution in [3.63, 3.8) is 0 Å². The minimum absolute atomic E-state index is 0.00620. The maximum absolute atomic E-state index is 8.99. The zero-order valence-electron chi connectivity index (χ0n) is 8.18. The summed E-state index contributed by atoms with van der Waals surface area (Å²) in [6.07, 6.45) is 0. The quantitative estimate of drug-likeness (QED) is 0.861. The van der Waals surface area contributed by atoms with E-state index >= 15 is 0 Å². The lowest BCUT2D eigenvalue weighted by Gasteiger charge is -2.09. The molecule has 80 valence electrons. The number of ether oxygens (including phenoxy) is 1. The van der Waals surface area contributed by atoms with Crippen LogP contribution in [0, 0.1) is 11.8 Å². The molecule has 0 aliphatic carbocycles. The standard InChI is InChI=1S/C11H10Br2O2/c1-2-3-4-15-11-9(12)5-8(7-14)6-10(11)13/h5-6,14H,4,7H2,1H3. The predicted molar refractivity (Wildman–Crippen MR) is 66.7 cm³/mol. The third-order valence-electron chi connectivity index (χ3n) is 1.71. The fourth-order valence-corrected chi connectivity index (χ4v) is 2.53. The van der Waals surface area contributed by atoms with Crippen LogP contribution in [-0.2, 0) is 6.61 Å². The Morgan fingerprint density at radius 2 is 1.93 bits per heavy atom. The Hall–Kier alpha value is -0.500. The predicted octanol–water partition coefficient (Wildman–Crippen LogP) is 3.11. The first-order valence-electron chi connectivity index (χ1n) is 4.30. The molecule has 0 unspecified atom stereocenters. The van der Waals surface area contributed by atoms with E-state index in [1.165, 1.54) is 0 Å². The number of hydrogen-bond acceptors (Lipinski definition) is 2. The Labute approximate surface area is 106 Å². The van der Waals surface area contributed by atoms with Crippen molar-refractivity contribution < 1.29 is 9.84 Å². The van der Waals surface area contributed by atoms with Crippen molar-refractivity contribution in [3.05, 3.63) is 26.6 Å². The van der Waals surface area contributed by atoms with Crippen molar-refractivity contribution in [1.29, 1.82) is 0 Å². The van der Waals surface area contributed by atoms with E-state index in [0.29, 0.717) is 12.4 Å². The highest BCUT2D eigenvalue weighted by Crippen LogP contribution is 2.34. The SMILES string of the molecule is CC#CCOc1c(Br)cc(CO)cc1Br. The second-order valence-electron chi connectivity index (χ2n) is 2.76. The van der Waals surface area contributed by atoms with Gasteiger partial charge in [-0.2, -0.15) is 0 Å². The average Bonchev–Trinajstić information content (AvgIpc) is 2.22. The molecule has 0 aliphatic heterocycles. The summed E-state index contributed by atoms with van der Waals surface area (Å²) < 4.78 is 7.07. The molecule has 4 heteroatoms. The first-order valence-corrected chi connectivity index (χ1v) is 5.88. The summed E-state index contributed by atoms with van der Waals surface area (Å²) in [6.45, 7) is 2.13. The molecule has 0 atom stereocenters.